The van der Waals surface area contributed by atoms with Gasteiger partial charge in [0.05, 0.1) is 0 Å². The minimum atomic E-state index is 0.0975. The van der Waals surface area contributed by atoms with E-state index in [0.717, 1.165) is 18.7 Å². The predicted octanol–water partition coefficient (Wildman–Crippen LogP) is 0.301. The highest BCUT2D eigenvalue weighted by atomic mass is 16.1. The van der Waals surface area contributed by atoms with Crippen molar-refractivity contribution in [3.63, 3.8) is 0 Å². The van der Waals surface area contributed by atoms with Crippen molar-refractivity contribution in [2.24, 2.45) is 0 Å². The van der Waals surface area contributed by atoms with Gasteiger partial charge in [0, 0.05) is 56.6 Å². The predicted molar refractivity (Wildman–Crippen MR) is 73.8 cm³/mol. The lowest BCUT2D eigenvalue weighted by atomic mass is 10.3. The van der Waals surface area contributed by atoms with Crippen LogP contribution in [0.5, 0.6) is 0 Å². The number of carbonyl (C=O) groups excluding carboxylic acids is 1. The van der Waals surface area contributed by atoms with Crippen molar-refractivity contribution in [1.82, 2.24) is 20.6 Å². The molecule has 1 fully saturated rings. The summed E-state index contributed by atoms with van der Waals surface area (Å²) < 4.78 is 0. The van der Waals surface area contributed by atoms with Crippen LogP contribution in [0, 0.1) is 0 Å². The smallest absolute Gasteiger partial charge is 0.225 e. The van der Waals surface area contributed by atoms with Crippen LogP contribution in [0.25, 0.3) is 0 Å². The first kappa shape index (κ1) is 13.7. The first-order valence-electron chi connectivity index (χ1n) is 6.71. The molecule has 1 aliphatic rings. The van der Waals surface area contributed by atoms with Gasteiger partial charge in [-0.05, 0) is 0 Å². The average Bonchev–Trinajstić information content (AvgIpc) is 2.62. The van der Waals surface area contributed by atoms with Gasteiger partial charge in [0.15, 0.2) is 0 Å². The lowest BCUT2D eigenvalue weighted by molar-refractivity contribution is -0.120. The minimum absolute atomic E-state index is 0.0975. The Hall–Kier alpha value is -1.69. The van der Waals surface area contributed by atoms with Crippen LogP contribution in [0.1, 0.15) is 25.8 Å². The largest absolute Gasteiger partial charge is 0.354 e. The van der Waals surface area contributed by atoms with Crippen molar-refractivity contribution >= 4 is 11.9 Å². The molecule has 2 N–H and O–H groups in total. The number of anilines is 1. The van der Waals surface area contributed by atoms with E-state index < -0.39 is 0 Å². The highest BCUT2D eigenvalue weighted by Crippen LogP contribution is 2.09. The quantitative estimate of drug-likeness (QED) is 0.817. The van der Waals surface area contributed by atoms with Crippen LogP contribution in [-0.4, -0.2) is 41.6 Å². The molecule has 0 aromatic carbocycles. The van der Waals surface area contributed by atoms with Crippen molar-refractivity contribution in [2.75, 3.05) is 24.5 Å². The number of hydrogen-bond acceptors (Lipinski definition) is 5. The lowest BCUT2D eigenvalue weighted by Gasteiger charge is -2.19. The molecule has 19 heavy (non-hydrogen) atoms. The molecule has 0 saturated carbocycles. The summed E-state index contributed by atoms with van der Waals surface area (Å²) in [6, 6.07) is 0.447. The van der Waals surface area contributed by atoms with Gasteiger partial charge < -0.3 is 15.5 Å². The van der Waals surface area contributed by atoms with Crippen LogP contribution in [0.4, 0.5) is 5.95 Å². The minimum Gasteiger partial charge on any atom is -0.354 e. The van der Waals surface area contributed by atoms with E-state index in [2.05, 4.69) is 34.4 Å². The zero-order valence-corrected chi connectivity index (χ0v) is 11.5. The Balaban J connectivity index is 1.95. The van der Waals surface area contributed by atoms with Crippen LogP contribution < -0.4 is 15.5 Å². The lowest BCUT2D eigenvalue weighted by Crippen LogP contribution is -2.29. The van der Waals surface area contributed by atoms with Crippen LogP contribution in [0.2, 0.25) is 0 Å². The molecule has 0 bridgehead atoms. The average molecular weight is 263 g/mol. The molecule has 104 valence electrons. The summed E-state index contributed by atoms with van der Waals surface area (Å²) in [7, 11) is 0. The van der Waals surface area contributed by atoms with E-state index in [9.17, 15) is 4.79 Å². The third kappa shape index (κ3) is 4.17. The molecule has 0 unspecified atom stereocenters. The number of hydrogen-bond donors (Lipinski definition) is 2. The third-order valence-corrected chi connectivity index (χ3v) is 3.00. The van der Waals surface area contributed by atoms with Crippen LogP contribution in [-0.2, 0) is 11.3 Å². The number of nitrogens with one attached hydrogen (secondary N) is 2. The van der Waals surface area contributed by atoms with Gasteiger partial charge >= 0.3 is 0 Å². The summed E-state index contributed by atoms with van der Waals surface area (Å²) in [4.78, 5) is 22.1. The van der Waals surface area contributed by atoms with Gasteiger partial charge in [-0.3, -0.25) is 4.79 Å². The first-order valence-corrected chi connectivity index (χ1v) is 6.71. The fourth-order valence-electron chi connectivity index (χ4n) is 1.89. The third-order valence-electron chi connectivity index (χ3n) is 3.00. The van der Waals surface area contributed by atoms with E-state index >= 15 is 0 Å². The SMILES string of the molecule is CC(C)NCc1cnc(N2CCNC(=O)CC2)nc1. The number of rotatable bonds is 4. The molecule has 0 radical (unpaired) electrons. The maximum Gasteiger partial charge on any atom is 0.225 e. The summed E-state index contributed by atoms with van der Waals surface area (Å²) in [5, 5.41) is 6.17. The normalized spacial score (nSPS) is 16.4. The number of aromatic nitrogens is 2. The van der Waals surface area contributed by atoms with Gasteiger partial charge in [-0.2, -0.15) is 0 Å². The molecule has 1 saturated heterocycles. The number of nitrogens with zero attached hydrogens (tertiary/aromatic N) is 3. The van der Waals surface area contributed by atoms with E-state index in [0.29, 0.717) is 31.5 Å². The number of amides is 1. The van der Waals surface area contributed by atoms with E-state index in [1.54, 1.807) is 0 Å². The summed E-state index contributed by atoms with van der Waals surface area (Å²) in [6.07, 6.45) is 4.19. The fraction of sp³-hybridized carbons (Fsp3) is 0.615. The van der Waals surface area contributed by atoms with Gasteiger partial charge in [-0.1, -0.05) is 13.8 Å². The van der Waals surface area contributed by atoms with Gasteiger partial charge in [-0.25, -0.2) is 9.97 Å². The molecule has 0 atom stereocenters. The van der Waals surface area contributed by atoms with Crippen LogP contribution in [0.15, 0.2) is 12.4 Å². The van der Waals surface area contributed by atoms with E-state index in [-0.39, 0.29) is 5.91 Å². The fourth-order valence-corrected chi connectivity index (χ4v) is 1.89. The first-order chi connectivity index (χ1) is 9.15. The van der Waals surface area contributed by atoms with E-state index in [1.165, 1.54) is 0 Å². The molecular weight excluding hydrogens is 242 g/mol. The molecule has 1 aromatic rings. The standard InChI is InChI=1S/C13H21N5O/c1-10(2)15-7-11-8-16-13(17-9-11)18-5-3-12(19)14-4-6-18/h8-10,15H,3-7H2,1-2H3,(H,14,19). The second-order valence-electron chi connectivity index (χ2n) is 5.01. The molecule has 6 heteroatoms. The van der Waals surface area contributed by atoms with Gasteiger partial charge in [0.25, 0.3) is 0 Å². The Morgan fingerprint density at radius 3 is 2.79 bits per heavy atom. The van der Waals surface area contributed by atoms with Crippen LogP contribution >= 0.6 is 0 Å². The second kappa shape index (κ2) is 6.47. The highest BCUT2D eigenvalue weighted by Gasteiger charge is 2.15. The van der Waals surface area contributed by atoms with Gasteiger partial charge in [0.2, 0.25) is 11.9 Å². The summed E-state index contributed by atoms with van der Waals surface area (Å²) >= 11 is 0. The summed E-state index contributed by atoms with van der Waals surface area (Å²) in [5.41, 5.74) is 1.07. The van der Waals surface area contributed by atoms with Crippen molar-refractivity contribution in [2.45, 2.75) is 32.9 Å². The monoisotopic (exact) mass is 263 g/mol. The van der Waals surface area contributed by atoms with E-state index in [4.69, 9.17) is 0 Å². The van der Waals surface area contributed by atoms with Crippen molar-refractivity contribution < 1.29 is 4.79 Å². The Morgan fingerprint density at radius 2 is 2.11 bits per heavy atom. The molecular formula is C13H21N5O. The molecule has 0 aliphatic carbocycles. The Kier molecular flexibility index (Phi) is 4.68. The van der Waals surface area contributed by atoms with Crippen molar-refractivity contribution in [3.05, 3.63) is 18.0 Å². The Morgan fingerprint density at radius 1 is 1.37 bits per heavy atom. The highest BCUT2D eigenvalue weighted by molar-refractivity contribution is 5.76. The maximum absolute atomic E-state index is 11.3. The van der Waals surface area contributed by atoms with Crippen LogP contribution in [0.3, 0.4) is 0 Å². The summed E-state index contributed by atoms with van der Waals surface area (Å²) in [6.45, 7) is 7.08. The second-order valence-corrected chi connectivity index (χ2v) is 5.01. The maximum atomic E-state index is 11.3. The molecule has 2 rings (SSSR count). The van der Waals surface area contributed by atoms with Gasteiger partial charge in [0.1, 0.15) is 0 Å². The summed E-state index contributed by atoms with van der Waals surface area (Å²) in [5.74, 6) is 0.796. The molecule has 2 heterocycles. The van der Waals surface area contributed by atoms with E-state index in [1.807, 2.05) is 17.3 Å². The topological polar surface area (TPSA) is 70.2 Å². The van der Waals surface area contributed by atoms with Gasteiger partial charge in [-0.15, -0.1) is 0 Å². The molecule has 1 amide bonds. The Labute approximate surface area is 113 Å². The van der Waals surface area contributed by atoms with Crippen molar-refractivity contribution in [1.29, 1.82) is 0 Å². The Bertz CT molecular complexity index is 418. The molecule has 1 aliphatic heterocycles. The number of carbonyl (C=O) groups is 1. The molecule has 0 spiro atoms. The molecule has 1 aromatic heterocycles. The van der Waals surface area contributed by atoms with Crippen molar-refractivity contribution in [3.8, 4) is 0 Å². The zero-order chi connectivity index (χ0) is 13.7. The molecule has 6 nitrogen and oxygen atoms in total. The zero-order valence-electron chi connectivity index (χ0n) is 11.5.